The van der Waals surface area contributed by atoms with Gasteiger partial charge in [-0.2, -0.15) is 0 Å². The van der Waals surface area contributed by atoms with Gasteiger partial charge in [-0.05, 0) is 43.7 Å². The average Bonchev–Trinajstić information content (AvgIpc) is 2.98. The number of rotatable bonds is 6. The molecule has 1 aromatic carbocycles. The van der Waals surface area contributed by atoms with E-state index in [2.05, 4.69) is 10.3 Å². The summed E-state index contributed by atoms with van der Waals surface area (Å²) in [6, 6.07) is 7.42. The van der Waals surface area contributed by atoms with Crippen LogP contribution in [-0.2, 0) is 0 Å². The number of nitrogens with one attached hydrogen (secondary N) is 1. The number of hydrogen-bond acceptors (Lipinski definition) is 3. The topological polar surface area (TPSA) is 72.9 Å². The van der Waals surface area contributed by atoms with Gasteiger partial charge in [0.1, 0.15) is 0 Å². The van der Waals surface area contributed by atoms with Crippen molar-refractivity contribution in [2.75, 3.05) is 13.1 Å². The van der Waals surface area contributed by atoms with E-state index in [1.807, 2.05) is 35.0 Å². The second-order valence-corrected chi connectivity index (χ2v) is 4.27. The number of amides is 1. The fraction of sp³-hybridized carbons (Fsp3) is 0.286. The molecule has 0 spiro atoms. The molecule has 0 radical (unpaired) electrons. The number of unbranched alkanes of at least 4 members (excludes halogenated alkanes) is 1. The normalized spacial score (nSPS) is 9.38. The maximum absolute atomic E-state index is 11.8. The van der Waals surface area contributed by atoms with Gasteiger partial charge >= 0.3 is 0 Å². The smallest absolute Gasteiger partial charge is 0.251 e. The minimum Gasteiger partial charge on any atom is -0.352 e. The summed E-state index contributed by atoms with van der Waals surface area (Å²) in [4.78, 5) is 15.8. The molecule has 0 unspecified atom stereocenters. The van der Waals surface area contributed by atoms with E-state index in [9.17, 15) is 4.79 Å². The maximum atomic E-state index is 11.8. The van der Waals surface area contributed by atoms with Crippen LogP contribution < -0.4 is 11.1 Å². The number of imidazole rings is 1. The molecule has 0 saturated heterocycles. The van der Waals surface area contributed by atoms with Crippen LogP contribution in [0, 0.1) is 0 Å². The summed E-state index contributed by atoms with van der Waals surface area (Å²) in [5, 5.41) is 2.87. The molecule has 0 aliphatic carbocycles. The molecule has 2 rings (SSSR count). The number of halogens is 2. The minimum absolute atomic E-state index is 0. The van der Waals surface area contributed by atoms with Gasteiger partial charge in [0.2, 0.25) is 0 Å². The molecule has 0 atom stereocenters. The van der Waals surface area contributed by atoms with Crippen LogP contribution in [0.5, 0.6) is 0 Å². The van der Waals surface area contributed by atoms with Gasteiger partial charge in [0.05, 0.1) is 6.33 Å². The third-order valence-electron chi connectivity index (χ3n) is 2.85. The number of carbonyl (C=O) groups excluding carboxylic acids is 1. The zero-order valence-electron chi connectivity index (χ0n) is 11.6. The van der Waals surface area contributed by atoms with Gasteiger partial charge in [-0.3, -0.25) is 4.79 Å². The van der Waals surface area contributed by atoms with Gasteiger partial charge in [0, 0.05) is 30.2 Å². The molecule has 0 aliphatic rings. The Labute approximate surface area is 136 Å². The van der Waals surface area contributed by atoms with Gasteiger partial charge in [-0.15, -0.1) is 24.8 Å². The van der Waals surface area contributed by atoms with E-state index in [0.29, 0.717) is 18.7 Å². The molecule has 0 bridgehead atoms. The Bertz CT molecular complexity index is 514. The Morgan fingerprint density at radius 3 is 2.48 bits per heavy atom. The van der Waals surface area contributed by atoms with E-state index >= 15 is 0 Å². The molecular formula is C14H20Cl2N4O. The van der Waals surface area contributed by atoms with Gasteiger partial charge in [-0.25, -0.2) is 4.98 Å². The summed E-state index contributed by atoms with van der Waals surface area (Å²) < 4.78 is 1.89. The first-order valence-electron chi connectivity index (χ1n) is 6.38. The molecule has 1 amide bonds. The molecular weight excluding hydrogens is 311 g/mol. The number of carbonyl (C=O) groups is 1. The first-order chi connectivity index (χ1) is 9.31. The molecule has 0 fully saturated rings. The van der Waals surface area contributed by atoms with Crippen LogP contribution in [0.3, 0.4) is 0 Å². The lowest BCUT2D eigenvalue weighted by Gasteiger charge is -2.06. The summed E-state index contributed by atoms with van der Waals surface area (Å²) in [6.45, 7) is 1.33. The van der Waals surface area contributed by atoms with E-state index < -0.39 is 0 Å². The van der Waals surface area contributed by atoms with Crippen molar-refractivity contribution in [3.63, 3.8) is 0 Å². The number of nitrogens with two attached hydrogens (primary N) is 1. The zero-order chi connectivity index (χ0) is 13.5. The third-order valence-corrected chi connectivity index (χ3v) is 2.85. The molecule has 3 N–H and O–H groups in total. The molecule has 0 aliphatic heterocycles. The predicted octanol–water partition coefficient (Wildman–Crippen LogP) is 2.18. The summed E-state index contributed by atoms with van der Waals surface area (Å²) in [6.07, 6.45) is 7.15. The fourth-order valence-corrected chi connectivity index (χ4v) is 1.77. The predicted molar refractivity (Wildman–Crippen MR) is 88.7 cm³/mol. The van der Waals surface area contributed by atoms with Crippen LogP contribution in [0.4, 0.5) is 0 Å². The first kappa shape index (κ1) is 19.4. The lowest BCUT2D eigenvalue weighted by Crippen LogP contribution is -2.24. The fourth-order valence-electron chi connectivity index (χ4n) is 1.77. The van der Waals surface area contributed by atoms with Crippen molar-refractivity contribution in [1.29, 1.82) is 0 Å². The Morgan fingerprint density at radius 2 is 1.90 bits per heavy atom. The molecule has 0 saturated carbocycles. The van der Waals surface area contributed by atoms with E-state index in [-0.39, 0.29) is 30.7 Å². The van der Waals surface area contributed by atoms with Crippen molar-refractivity contribution in [3.05, 3.63) is 48.5 Å². The van der Waals surface area contributed by atoms with E-state index in [1.54, 1.807) is 12.5 Å². The van der Waals surface area contributed by atoms with Crippen molar-refractivity contribution in [3.8, 4) is 5.69 Å². The van der Waals surface area contributed by atoms with Crippen LogP contribution in [0.1, 0.15) is 23.2 Å². The quantitative estimate of drug-likeness (QED) is 0.797. The van der Waals surface area contributed by atoms with Crippen LogP contribution in [-0.4, -0.2) is 28.5 Å². The summed E-state index contributed by atoms with van der Waals surface area (Å²) in [5.74, 6) is -0.0470. The first-order valence-corrected chi connectivity index (χ1v) is 6.38. The number of hydrogen-bond donors (Lipinski definition) is 2. The van der Waals surface area contributed by atoms with Gasteiger partial charge in [-0.1, -0.05) is 0 Å². The van der Waals surface area contributed by atoms with Crippen LogP contribution in [0.2, 0.25) is 0 Å². The molecule has 21 heavy (non-hydrogen) atoms. The highest BCUT2D eigenvalue weighted by atomic mass is 35.5. The summed E-state index contributed by atoms with van der Waals surface area (Å²) in [5.41, 5.74) is 7.05. The molecule has 2 aromatic rings. The zero-order valence-corrected chi connectivity index (χ0v) is 13.2. The van der Waals surface area contributed by atoms with Gasteiger partial charge in [0.25, 0.3) is 5.91 Å². The van der Waals surface area contributed by atoms with Crippen molar-refractivity contribution in [2.24, 2.45) is 5.73 Å². The highest BCUT2D eigenvalue weighted by molar-refractivity contribution is 5.94. The van der Waals surface area contributed by atoms with Crippen LogP contribution in [0.15, 0.2) is 43.0 Å². The van der Waals surface area contributed by atoms with Crippen molar-refractivity contribution < 1.29 is 4.79 Å². The third kappa shape index (κ3) is 5.75. The van der Waals surface area contributed by atoms with Crippen molar-refractivity contribution >= 4 is 30.7 Å². The number of nitrogens with zero attached hydrogens (tertiary/aromatic N) is 2. The van der Waals surface area contributed by atoms with Crippen LogP contribution in [0.25, 0.3) is 5.69 Å². The van der Waals surface area contributed by atoms with Gasteiger partial charge in [0.15, 0.2) is 0 Å². The average molecular weight is 331 g/mol. The molecule has 5 nitrogen and oxygen atoms in total. The lowest BCUT2D eigenvalue weighted by molar-refractivity contribution is 0.0953. The van der Waals surface area contributed by atoms with E-state index in [4.69, 9.17) is 5.73 Å². The SMILES string of the molecule is Cl.Cl.NCCCCNC(=O)c1ccc(-n2ccnc2)cc1. The maximum Gasteiger partial charge on any atom is 0.251 e. The Hall–Kier alpha value is -1.56. The second-order valence-electron chi connectivity index (χ2n) is 4.27. The molecule has 116 valence electrons. The summed E-state index contributed by atoms with van der Waals surface area (Å²) in [7, 11) is 0. The Morgan fingerprint density at radius 1 is 1.19 bits per heavy atom. The Kier molecular flexibility index (Phi) is 9.45. The lowest BCUT2D eigenvalue weighted by atomic mass is 10.2. The van der Waals surface area contributed by atoms with Crippen molar-refractivity contribution in [2.45, 2.75) is 12.8 Å². The number of aromatic nitrogens is 2. The second kappa shape index (κ2) is 10.2. The monoisotopic (exact) mass is 330 g/mol. The highest BCUT2D eigenvalue weighted by Gasteiger charge is 2.04. The highest BCUT2D eigenvalue weighted by Crippen LogP contribution is 2.09. The van der Waals surface area contributed by atoms with Gasteiger partial charge < -0.3 is 15.6 Å². The largest absolute Gasteiger partial charge is 0.352 e. The molecule has 1 aromatic heterocycles. The summed E-state index contributed by atoms with van der Waals surface area (Å²) >= 11 is 0. The van der Waals surface area contributed by atoms with E-state index in [1.165, 1.54) is 0 Å². The molecule has 1 heterocycles. The minimum atomic E-state index is -0.0470. The number of benzene rings is 1. The molecule has 7 heteroatoms. The van der Waals surface area contributed by atoms with Crippen LogP contribution >= 0.6 is 24.8 Å². The standard InChI is InChI=1S/C14H18N4O.2ClH/c15-7-1-2-8-17-14(19)12-3-5-13(6-4-12)18-10-9-16-11-18;;/h3-6,9-11H,1-2,7-8,15H2,(H,17,19);2*1H. The van der Waals surface area contributed by atoms with E-state index in [0.717, 1.165) is 18.5 Å². The van der Waals surface area contributed by atoms with Crippen molar-refractivity contribution in [1.82, 2.24) is 14.9 Å². The Balaban J connectivity index is 0.00000200.